The molecular weight excluding hydrogens is 300 g/mol. The lowest BCUT2D eigenvalue weighted by Crippen LogP contribution is -2.35. The molecule has 1 aliphatic heterocycles. The Kier molecular flexibility index (Phi) is 5.04. The molecule has 2 N–H and O–H groups in total. The van der Waals surface area contributed by atoms with Gasteiger partial charge in [-0.05, 0) is 61.6 Å². The lowest BCUT2D eigenvalue weighted by molar-refractivity contribution is -0.118. The molecule has 0 atom stereocenters. The summed E-state index contributed by atoms with van der Waals surface area (Å²) in [5.74, 6) is 1.03. The average molecular weight is 324 g/mol. The van der Waals surface area contributed by atoms with Crippen molar-refractivity contribution in [2.75, 3.05) is 23.8 Å². The van der Waals surface area contributed by atoms with Crippen molar-refractivity contribution in [2.45, 2.75) is 32.6 Å². The summed E-state index contributed by atoms with van der Waals surface area (Å²) in [6, 6.07) is 13.8. The molecule has 0 unspecified atom stereocenters. The van der Waals surface area contributed by atoms with Gasteiger partial charge in [-0.3, -0.25) is 4.79 Å². The molecule has 0 saturated carbocycles. The van der Waals surface area contributed by atoms with Crippen molar-refractivity contribution in [1.29, 1.82) is 0 Å². The first kappa shape index (κ1) is 16.4. The van der Waals surface area contributed by atoms with E-state index in [0.717, 1.165) is 54.1 Å². The number of nitrogens with zero attached hydrogens (tertiary/aromatic N) is 1. The Morgan fingerprint density at radius 2 is 2.00 bits per heavy atom. The van der Waals surface area contributed by atoms with Crippen LogP contribution in [0, 0.1) is 0 Å². The first-order valence-electron chi connectivity index (χ1n) is 8.58. The first-order valence-corrected chi connectivity index (χ1v) is 8.58. The number of carbonyl (C=O) groups excluding carboxylic acids is 1. The maximum absolute atomic E-state index is 12.7. The van der Waals surface area contributed by atoms with Crippen molar-refractivity contribution in [3.05, 3.63) is 53.6 Å². The van der Waals surface area contributed by atoms with Crippen LogP contribution in [0.5, 0.6) is 5.75 Å². The second-order valence-electron chi connectivity index (χ2n) is 6.07. The molecule has 126 valence electrons. The summed E-state index contributed by atoms with van der Waals surface area (Å²) in [5, 5.41) is 0. The van der Waals surface area contributed by atoms with E-state index in [1.807, 2.05) is 54.3 Å². The van der Waals surface area contributed by atoms with Crippen LogP contribution in [0.25, 0.3) is 0 Å². The molecule has 0 radical (unpaired) electrons. The number of amides is 1. The normalized spacial score (nSPS) is 13.5. The van der Waals surface area contributed by atoms with Gasteiger partial charge in [-0.1, -0.05) is 18.2 Å². The van der Waals surface area contributed by atoms with Gasteiger partial charge < -0.3 is 15.4 Å². The molecule has 0 aliphatic carbocycles. The van der Waals surface area contributed by atoms with Gasteiger partial charge in [0.05, 0.1) is 6.61 Å². The lowest BCUT2D eigenvalue weighted by Gasteiger charge is -2.30. The van der Waals surface area contributed by atoms with E-state index in [4.69, 9.17) is 10.5 Å². The minimum Gasteiger partial charge on any atom is -0.494 e. The van der Waals surface area contributed by atoms with E-state index >= 15 is 0 Å². The molecule has 1 aliphatic rings. The largest absolute Gasteiger partial charge is 0.494 e. The molecule has 0 bridgehead atoms. The highest BCUT2D eigenvalue weighted by Gasteiger charge is 2.23. The van der Waals surface area contributed by atoms with Crippen molar-refractivity contribution in [3.8, 4) is 5.75 Å². The number of hydrogen-bond acceptors (Lipinski definition) is 3. The molecule has 1 heterocycles. The van der Waals surface area contributed by atoms with Crippen molar-refractivity contribution in [1.82, 2.24) is 0 Å². The predicted octanol–water partition coefficient (Wildman–Crippen LogP) is 3.58. The fraction of sp³-hybridized carbons (Fsp3) is 0.350. The van der Waals surface area contributed by atoms with E-state index in [-0.39, 0.29) is 5.91 Å². The highest BCUT2D eigenvalue weighted by Crippen LogP contribution is 2.31. The Labute approximate surface area is 143 Å². The van der Waals surface area contributed by atoms with Gasteiger partial charge >= 0.3 is 0 Å². The Balaban J connectivity index is 1.65. The summed E-state index contributed by atoms with van der Waals surface area (Å²) >= 11 is 0. The van der Waals surface area contributed by atoms with Crippen LogP contribution in [-0.4, -0.2) is 19.1 Å². The van der Waals surface area contributed by atoms with Crippen LogP contribution in [0.1, 0.15) is 30.9 Å². The number of anilines is 2. The molecule has 2 aromatic rings. The monoisotopic (exact) mass is 324 g/mol. The van der Waals surface area contributed by atoms with Crippen LogP contribution in [-0.2, 0) is 17.6 Å². The third kappa shape index (κ3) is 3.53. The molecule has 0 fully saturated rings. The summed E-state index contributed by atoms with van der Waals surface area (Å²) in [5.41, 5.74) is 10.1. The molecule has 2 aromatic carbocycles. The average Bonchev–Trinajstić information content (AvgIpc) is 2.61. The molecule has 0 saturated heterocycles. The number of benzene rings is 2. The highest BCUT2D eigenvalue weighted by atomic mass is 16.5. The minimum atomic E-state index is 0.162. The summed E-state index contributed by atoms with van der Waals surface area (Å²) in [6.45, 7) is 3.41. The number of nitrogen functional groups attached to an aromatic ring is 1. The second-order valence-corrected chi connectivity index (χ2v) is 6.07. The van der Waals surface area contributed by atoms with E-state index in [9.17, 15) is 4.79 Å². The van der Waals surface area contributed by atoms with Crippen LogP contribution >= 0.6 is 0 Å². The van der Waals surface area contributed by atoms with Gasteiger partial charge in [0.1, 0.15) is 5.75 Å². The third-order valence-corrected chi connectivity index (χ3v) is 4.45. The summed E-state index contributed by atoms with van der Waals surface area (Å²) < 4.78 is 5.44. The Bertz CT molecular complexity index is 710. The summed E-state index contributed by atoms with van der Waals surface area (Å²) in [6.07, 6.45) is 3.16. The molecule has 4 heteroatoms. The molecule has 3 rings (SSSR count). The van der Waals surface area contributed by atoms with Crippen LogP contribution < -0.4 is 15.4 Å². The van der Waals surface area contributed by atoms with Crippen molar-refractivity contribution in [2.24, 2.45) is 0 Å². The number of aryl methyl sites for hydroxylation is 1. The Hall–Kier alpha value is -2.49. The molecule has 4 nitrogen and oxygen atoms in total. The maximum atomic E-state index is 12.7. The van der Waals surface area contributed by atoms with E-state index in [0.29, 0.717) is 13.0 Å². The van der Waals surface area contributed by atoms with Gasteiger partial charge in [0, 0.05) is 24.3 Å². The number of rotatable bonds is 5. The smallest absolute Gasteiger partial charge is 0.227 e. The fourth-order valence-electron chi connectivity index (χ4n) is 3.22. The SMILES string of the molecule is CCOc1ccc(CCC(=O)N2CCCc3c(N)cccc32)cc1. The van der Waals surface area contributed by atoms with Crippen molar-refractivity contribution in [3.63, 3.8) is 0 Å². The number of hydrogen-bond donors (Lipinski definition) is 1. The first-order chi connectivity index (χ1) is 11.7. The van der Waals surface area contributed by atoms with Crippen LogP contribution in [0.2, 0.25) is 0 Å². The molecular formula is C20H24N2O2. The van der Waals surface area contributed by atoms with E-state index in [1.54, 1.807) is 0 Å². The Morgan fingerprint density at radius 1 is 1.21 bits per heavy atom. The summed E-state index contributed by atoms with van der Waals surface area (Å²) in [7, 11) is 0. The number of fused-ring (bicyclic) bond motifs is 1. The van der Waals surface area contributed by atoms with Gasteiger partial charge in [-0.25, -0.2) is 0 Å². The maximum Gasteiger partial charge on any atom is 0.227 e. The third-order valence-electron chi connectivity index (χ3n) is 4.45. The standard InChI is InChI=1S/C20H24N2O2/c1-2-24-16-11-8-15(9-12-16)10-13-20(23)22-14-4-5-17-18(21)6-3-7-19(17)22/h3,6-9,11-12H,2,4-5,10,13-14,21H2,1H3. The predicted molar refractivity (Wildman–Crippen MR) is 97.5 cm³/mol. The zero-order valence-electron chi connectivity index (χ0n) is 14.1. The minimum absolute atomic E-state index is 0.162. The second kappa shape index (κ2) is 7.39. The summed E-state index contributed by atoms with van der Waals surface area (Å²) in [4.78, 5) is 14.6. The topological polar surface area (TPSA) is 55.6 Å². The van der Waals surface area contributed by atoms with Gasteiger partial charge in [-0.2, -0.15) is 0 Å². The highest BCUT2D eigenvalue weighted by molar-refractivity contribution is 5.95. The number of ether oxygens (including phenoxy) is 1. The zero-order chi connectivity index (χ0) is 16.9. The number of nitrogens with two attached hydrogens (primary N) is 1. The fourth-order valence-corrected chi connectivity index (χ4v) is 3.22. The van der Waals surface area contributed by atoms with Gasteiger partial charge in [0.25, 0.3) is 0 Å². The quantitative estimate of drug-likeness (QED) is 0.855. The van der Waals surface area contributed by atoms with Gasteiger partial charge in [0.15, 0.2) is 0 Å². The Morgan fingerprint density at radius 3 is 2.75 bits per heavy atom. The number of carbonyl (C=O) groups is 1. The van der Waals surface area contributed by atoms with Crippen LogP contribution in [0.4, 0.5) is 11.4 Å². The van der Waals surface area contributed by atoms with Gasteiger partial charge in [0.2, 0.25) is 5.91 Å². The van der Waals surface area contributed by atoms with Gasteiger partial charge in [-0.15, -0.1) is 0 Å². The lowest BCUT2D eigenvalue weighted by atomic mass is 9.99. The van der Waals surface area contributed by atoms with E-state index < -0.39 is 0 Å². The zero-order valence-corrected chi connectivity index (χ0v) is 14.1. The molecule has 24 heavy (non-hydrogen) atoms. The van der Waals surface area contributed by atoms with E-state index in [2.05, 4.69) is 0 Å². The molecule has 0 aromatic heterocycles. The van der Waals surface area contributed by atoms with E-state index in [1.165, 1.54) is 0 Å². The molecule has 0 spiro atoms. The van der Waals surface area contributed by atoms with Crippen molar-refractivity contribution < 1.29 is 9.53 Å². The molecule has 1 amide bonds. The van der Waals surface area contributed by atoms with Crippen molar-refractivity contribution >= 4 is 17.3 Å². The van der Waals surface area contributed by atoms with Crippen LogP contribution in [0.15, 0.2) is 42.5 Å². The van der Waals surface area contributed by atoms with Crippen LogP contribution in [0.3, 0.4) is 0 Å².